The van der Waals surface area contributed by atoms with Gasteiger partial charge in [-0.05, 0) is 42.5 Å². The van der Waals surface area contributed by atoms with Gasteiger partial charge in [0.1, 0.15) is 5.82 Å². The van der Waals surface area contributed by atoms with E-state index in [-0.39, 0.29) is 11.8 Å². The summed E-state index contributed by atoms with van der Waals surface area (Å²) >= 11 is 0. The van der Waals surface area contributed by atoms with Crippen LogP contribution in [0.2, 0.25) is 0 Å². The molecule has 3 heteroatoms. The van der Waals surface area contributed by atoms with Gasteiger partial charge < -0.3 is 5.32 Å². The van der Waals surface area contributed by atoms with Gasteiger partial charge in [0.05, 0.1) is 0 Å². The predicted molar refractivity (Wildman–Crippen MR) is 69.5 cm³/mol. The number of rotatable bonds is 3. The molecule has 17 heavy (non-hydrogen) atoms. The van der Waals surface area contributed by atoms with E-state index in [0.717, 1.165) is 6.42 Å². The van der Waals surface area contributed by atoms with E-state index in [9.17, 15) is 4.79 Å². The van der Waals surface area contributed by atoms with Crippen molar-refractivity contribution >= 4 is 17.3 Å². The lowest BCUT2D eigenvalue weighted by atomic mass is 10.1. The second-order valence-corrected chi connectivity index (χ2v) is 4.70. The fraction of sp³-hybridized carbons (Fsp3) is 0.429. The van der Waals surface area contributed by atoms with Crippen LogP contribution in [0.15, 0.2) is 24.4 Å². The Morgan fingerprint density at radius 3 is 2.76 bits per heavy atom. The molecule has 0 spiro atoms. The Balaban J connectivity index is 2.05. The number of allylic oxidation sites excluding steroid dienone is 2. The van der Waals surface area contributed by atoms with Gasteiger partial charge >= 0.3 is 0 Å². The number of nitrogens with one attached hydrogen (secondary N) is 1. The molecule has 0 aromatic carbocycles. The average Bonchev–Trinajstić information content (AvgIpc) is 2.83. The molecule has 0 radical (unpaired) electrons. The van der Waals surface area contributed by atoms with Crippen LogP contribution in [0.3, 0.4) is 0 Å². The normalized spacial score (nSPS) is 14.9. The maximum atomic E-state index is 11.5. The number of carbonyl (C=O) groups excluding carboxylic acids is 1. The van der Waals surface area contributed by atoms with E-state index in [0.29, 0.717) is 5.82 Å². The van der Waals surface area contributed by atoms with Crippen molar-refractivity contribution in [1.29, 1.82) is 0 Å². The number of aromatic nitrogens is 1. The Morgan fingerprint density at radius 2 is 2.24 bits per heavy atom. The van der Waals surface area contributed by atoms with Crippen LogP contribution in [0, 0.1) is 5.92 Å². The molecule has 0 aliphatic heterocycles. The Morgan fingerprint density at radius 1 is 1.41 bits per heavy atom. The molecule has 1 aliphatic rings. The minimum atomic E-state index is -0.0194. The molecule has 1 aliphatic carbocycles. The van der Waals surface area contributed by atoms with Crippen molar-refractivity contribution < 1.29 is 4.79 Å². The first-order valence-corrected chi connectivity index (χ1v) is 6.13. The first-order chi connectivity index (χ1) is 8.16. The fourth-order valence-corrected chi connectivity index (χ4v) is 1.86. The fourth-order valence-electron chi connectivity index (χ4n) is 1.86. The summed E-state index contributed by atoms with van der Waals surface area (Å²) in [5, 5.41) is 2.79. The maximum absolute atomic E-state index is 11.5. The smallest absolute Gasteiger partial charge is 0.228 e. The Hall–Kier alpha value is -1.64. The lowest BCUT2D eigenvalue weighted by molar-refractivity contribution is -0.118. The summed E-state index contributed by atoms with van der Waals surface area (Å²) in [6.45, 7) is 3.74. The largest absolute Gasteiger partial charge is 0.310 e. The highest BCUT2D eigenvalue weighted by molar-refractivity contribution is 5.91. The molecule has 0 atom stereocenters. The van der Waals surface area contributed by atoms with Gasteiger partial charge in [0, 0.05) is 12.1 Å². The van der Waals surface area contributed by atoms with Gasteiger partial charge in [-0.25, -0.2) is 4.98 Å². The van der Waals surface area contributed by atoms with E-state index in [4.69, 9.17) is 0 Å². The molecule has 1 N–H and O–H groups in total. The third-order valence-corrected chi connectivity index (χ3v) is 2.95. The summed E-state index contributed by atoms with van der Waals surface area (Å²) in [4.78, 5) is 15.8. The molecular formula is C14H18N2O. The quantitative estimate of drug-likeness (QED) is 0.866. The topological polar surface area (TPSA) is 42.0 Å². The second kappa shape index (κ2) is 5.13. The lowest BCUT2D eigenvalue weighted by Gasteiger charge is -2.07. The SMILES string of the molecule is CC(C)C(=O)Nc1ccc(C2=CCCC2)cn1. The summed E-state index contributed by atoms with van der Waals surface area (Å²) in [5.74, 6) is 0.616. The zero-order chi connectivity index (χ0) is 12.3. The molecule has 0 fully saturated rings. The van der Waals surface area contributed by atoms with E-state index in [2.05, 4.69) is 16.4 Å². The standard InChI is InChI=1S/C14H18N2O/c1-10(2)14(17)16-13-8-7-12(9-15-13)11-5-3-4-6-11/h5,7-10H,3-4,6H2,1-2H3,(H,15,16,17). The van der Waals surface area contributed by atoms with Crippen molar-refractivity contribution in [3.63, 3.8) is 0 Å². The number of hydrogen-bond donors (Lipinski definition) is 1. The average molecular weight is 230 g/mol. The van der Waals surface area contributed by atoms with Crippen LogP contribution < -0.4 is 5.32 Å². The van der Waals surface area contributed by atoms with Gasteiger partial charge in [0.2, 0.25) is 5.91 Å². The van der Waals surface area contributed by atoms with Crippen molar-refractivity contribution in [2.24, 2.45) is 5.92 Å². The second-order valence-electron chi connectivity index (χ2n) is 4.70. The van der Waals surface area contributed by atoms with E-state index in [1.54, 1.807) is 0 Å². The van der Waals surface area contributed by atoms with Gasteiger partial charge in [-0.1, -0.05) is 19.9 Å². The van der Waals surface area contributed by atoms with E-state index >= 15 is 0 Å². The van der Waals surface area contributed by atoms with Crippen LogP contribution in [0.4, 0.5) is 5.82 Å². The maximum Gasteiger partial charge on any atom is 0.228 e. The summed E-state index contributed by atoms with van der Waals surface area (Å²) in [6, 6.07) is 3.90. The van der Waals surface area contributed by atoms with Crippen LogP contribution in [0.5, 0.6) is 0 Å². The van der Waals surface area contributed by atoms with Gasteiger partial charge in [0.15, 0.2) is 0 Å². The predicted octanol–water partition coefficient (Wildman–Crippen LogP) is 3.24. The number of hydrogen-bond acceptors (Lipinski definition) is 2. The molecule has 1 aromatic rings. The number of amides is 1. The van der Waals surface area contributed by atoms with E-state index in [1.165, 1.54) is 24.0 Å². The lowest BCUT2D eigenvalue weighted by Crippen LogP contribution is -2.18. The van der Waals surface area contributed by atoms with Gasteiger partial charge in [-0.2, -0.15) is 0 Å². The van der Waals surface area contributed by atoms with Gasteiger partial charge in [-0.15, -0.1) is 0 Å². The number of carbonyl (C=O) groups is 1. The highest BCUT2D eigenvalue weighted by Gasteiger charge is 2.09. The molecule has 3 nitrogen and oxygen atoms in total. The Labute approximate surface area is 102 Å². The van der Waals surface area contributed by atoms with Crippen molar-refractivity contribution in [2.75, 3.05) is 5.32 Å². The van der Waals surface area contributed by atoms with Crippen LogP contribution in [-0.4, -0.2) is 10.9 Å². The Bertz CT molecular complexity index is 432. The zero-order valence-electron chi connectivity index (χ0n) is 10.4. The minimum Gasteiger partial charge on any atom is -0.310 e. The molecular weight excluding hydrogens is 212 g/mol. The number of pyridine rings is 1. The van der Waals surface area contributed by atoms with E-state index < -0.39 is 0 Å². The van der Waals surface area contributed by atoms with Crippen molar-refractivity contribution in [2.45, 2.75) is 33.1 Å². The Kier molecular flexibility index (Phi) is 3.57. The van der Waals surface area contributed by atoms with Crippen LogP contribution in [0.25, 0.3) is 5.57 Å². The first kappa shape index (κ1) is 11.8. The molecule has 1 heterocycles. The van der Waals surface area contributed by atoms with Crippen LogP contribution >= 0.6 is 0 Å². The molecule has 0 saturated carbocycles. The van der Waals surface area contributed by atoms with Crippen LogP contribution in [0.1, 0.15) is 38.7 Å². The van der Waals surface area contributed by atoms with Crippen molar-refractivity contribution in [3.05, 3.63) is 30.0 Å². The highest BCUT2D eigenvalue weighted by atomic mass is 16.1. The summed E-state index contributed by atoms with van der Waals surface area (Å²) in [7, 11) is 0. The molecule has 0 bridgehead atoms. The highest BCUT2D eigenvalue weighted by Crippen LogP contribution is 2.27. The van der Waals surface area contributed by atoms with Gasteiger partial charge in [-0.3, -0.25) is 4.79 Å². The zero-order valence-corrected chi connectivity index (χ0v) is 10.4. The van der Waals surface area contributed by atoms with Crippen LogP contribution in [-0.2, 0) is 4.79 Å². The first-order valence-electron chi connectivity index (χ1n) is 6.13. The molecule has 90 valence electrons. The number of anilines is 1. The van der Waals surface area contributed by atoms with Crippen molar-refractivity contribution in [1.82, 2.24) is 4.98 Å². The van der Waals surface area contributed by atoms with Gasteiger partial charge in [0.25, 0.3) is 0 Å². The summed E-state index contributed by atoms with van der Waals surface area (Å²) < 4.78 is 0. The molecule has 0 saturated heterocycles. The van der Waals surface area contributed by atoms with E-state index in [1.807, 2.05) is 32.2 Å². The summed E-state index contributed by atoms with van der Waals surface area (Å²) in [6.07, 6.45) is 7.65. The van der Waals surface area contributed by atoms with Crippen molar-refractivity contribution in [3.8, 4) is 0 Å². The summed E-state index contributed by atoms with van der Waals surface area (Å²) in [5.41, 5.74) is 2.55. The monoisotopic (exact) mass is 230 g/mol. The molecule has 1 aromatic heterocycles. The third kappa shape index (κ3) is 2.93. The number of nitrogens with zero attached hydrogens (tertiary/aromatic N) is 1. The molecule has 0 unspecified atom stereocenters. The third-order valence-electron chi connectivity index (χ3n) is 2.95. The minimum absolute atomic E-state index is 0.00494. The molecule has 2 rings (SSSR count). The molecule has 1 amide bonds.